The SMILES string of the molecule is COc1cc(C2C=NNC(=O)C2)ccc1OC1CCCC1. The van der Waals surface area contributed by atoms with Crippen LogP contribution in [-0.2, 0) is 4.79 Å². The van der Waals surface area contributed by atoms with Gasteiger partial charge in [0, 0.05) is 18.6 Å². The molecule has 1 aliphatic heterocycles. The number of ether oxygens (including phenoxy) is 2. The van der Waals surface area contributed by atoms with Crippen molar-refractivity contribution in [2.75, 3.05) is 7.11 Å². The van der Waals surface area contributed by atoms with Crippen molar-refractivity contribution < 1.29 is 14.3 Å². The normalized spacial score (nSPS) is 22.1. The molecular weight excluding hydrogens is 268 g/mol. The van der Waals surface area contributed by atoms with Crippen molar-refractivity contribution in [3.63, 3.8) is 0 Å². The number of hydrogen-bond donors (Lipinski definition) is 1. The number of rotatable bonds is 4. The molecule has 1 aromatic carbocycles. The number of hydrazone groups is 1. The first-order valence-corrected chi connectivity index (χ1v) is 7.43. The molecule has 5 heteroatoms. The van der Waals surface area contributed by atoms with Gasteiger partial charge in [-0.15, -0.1) is 0 Å². The molecule has 1 fully saturated rings. The van der Waals surface area contributed by atoms with E-state index in [1.54, 1.807) is 13.3 Å². The predicted molar refractivity (Wildman–Crippen MR) is 79.9 cm³/mol. The van der Waals surface area contributed by atoms with Crippen molar-refractivity contribution in [1.82, 2.24) is 5.43 Å². The lowest BCUT2D eigenvalue weighted by molar-refractivity contribution is -0.121. The van der Waals surface area contributed by atoms with Crippen molar-refractivity contribution in [1.29, 1.82) is 0 Å². The summed E-state index contributed by atoms with van der Waals surface area (Å²) in [5, 5.41) is 3.88. The Morgan fingerprint density at radius 3 is 2.76 bits per heavy atom. The topological polar surface area (TPSA) is 59.9 Å². The Morgan fingerprint density at radius 1 is 1.24 bits per heavy atom. The molecule has 0 spiro atoms. The van der Waals surface area contributed by atoms with Gasteiger partial charge in [-0.05, 0) is 43.4 Å². The summed E-state index contributed by atoms with van der Waals surface area (Å²) in [6.45, 7) is 0. The van der Waals surface area contributed by atoms with Crippen LogP contribution in [0.1, 0.15) is 43.6 Å². The number of carbonyl (C=O) groups excluding carboxylic acids is 1. The van der Waals surface area contributed by atoms with Crippen molar-refractivity contribution in [3.05, 3.63) is 23.8 Å². The van der Waals surface area contributed by atoms with Gasteiger partial charge in [-0.1, -0.05) is 6.07 Å². The molecule has 0 aromatic heterocycles. The van der Waals surface area contributed by atoms with Gasteiger partial charge in [0.15, 0.2) is 11.5 Å². The second-order valence-corrected chi connectivity index (χ2v) is 5.56. The number of carbonyl (C=O) groups is 1. The molecule has 3 rings (SSSR count). The minimum atomic E-state index is -0.0623. The Labute approximate surface area is 124 Å². The van der Waals surface area contributed by atoms with E-state index in [-0.39, 0.29) is 11.8 Å². The van der Waals surface area contributed by atoms with Gasteiger partial charge < -0.3 is 9.47 Å². The first-order chi connectivity index (χ1) is 10.3. The van der Waals surface area contributed by atoms with Gasteiger partial charge >= 0.3 is 0 Å². The van der Waals surface area contributed by atoms with Crippen molar-refractivity contribution in [2.24, 2.45) is 5.10 Å². The molecule has 0 bridgehead atoms. The van der Waals surface area contributed by atoms with Gasteiger partial charge in [0.2, 0.25) is 5.91 Å². The maximum absolute atomic E-state index is 11.4. The molecule has 5 nitrogen and oxygen atoms in total. The second kappa shape index (κ2) is 6.16. The van der Waals surface area contributed by atoms with Crippen LogP contribution in [0, 0.1) is 0 Å². The third-order valence-corrected chi connectivity index (χ3v) is 4.06. The smallest absolute Gasteiger partial charge is 0.241 e. The fourth-order valence-electron chi connectivity index (χ4n) is 2.90. The standard InChI is InChI=1S/C16H20N2O3/c1-20-15-8-11(12-9-16(19)18-17-10-12)6-7-14(15)21-13-4-2-3-5-13/h6-8,10,12-13H,2-5,9H2,1H3,(H,18,19). The lowest BCUT2D eigenvalue weighted by Gasteiger charge is -2.19. The van der Waals surface area contributed by atoms with E-state index in [4.69, 9.17) is 9.47 Å². The van der Waals surface area contributed by atoms with E-state index in [1.165, 1.54) is 12.8 Å². The number of amides is 1. The summed E-state index contributed by atoms with van der Waals surface area (Å²) in [6, 6.07) is 5.87. The second-order valence-electron chi connectivity index (χ2n) is 5.56. The highest BCUT2D eigenvalue weighted by Crippen LogP contribution is 2.34. The monoisotopic (exact) mass is 288 g/mol. The van der Waals surface area contributed by atoms with Crippen molar-refractivity contribution >= 4 is 12.1 Å². The molecule has 21 heavy (non-hydrogen) atoms. The molecule has 1 aliphatic carbocycles. The van der Waals surface area contributed by atoms with E-state index in [1.807, 2.05) is 18.2 Å². The molecule has 1 aromatic rings. The average Bonchev–Trinajstić information content (AvgIpc) is 3.00. The summed E-state index contributed by atoms with van der Waals surface area (Å²) < 4.78 is 11.5. The van der Waals surface area contributed by atoms with Crippen LogP contribution in [0.5, 0.6) is 11.5 Å². The molecule has 2 aliphatic rings. The number of benzene rings is 1. The lowest BCUT2D eigenvalue weighted by Crippen LogP contribution is -2.26. The van der Waals surface area contributed by atoms with Crippen LogP contribution in [0.25, 0.3) is 0 Å². The Hall–Kier alpha value is -2.04. The molecule has 112 valence electrons. The number of nitrogens with zero attached hydrogens (tertiary/aromatic N) is 1. The maximum Gasteiger partial charge on any atom is 0.241 e. The summed E-state index contributed by atoms with van der Waals surface area (Å²) >= 11 is 0. The summed E-state index contributed by atoms with van der Waals surface area (Å²) in [6.07, 6.45) is 7.16. The van der Waals surface area contributed by atoms with Crippen molar-refractivity contribution in [3.8, 4) is 11.5 Å². The molecule has 1 unspecified atom stereocenters. The predicted octanol–water partition coefficient (Wildman–Crippen LogP) is 2.61. The Kier molecular flexibility index (Phi) is 4.08. The zero-order valence-corrected chi connectivity index (χ0v) is 12.2. The Balaban J connectivity index is 1.79. The zero-order valence-electron chi connectivity index (χ0n) is 12.2. The van der Waals surface area contributed by atoms with Gasteiger partial charge in [0.25, 0.3) is 0 Å². The highest BCUT2D eigenvalue weighted by molar-refractivity contribution is 5.86. The van der Waals surface area contributed by atoms with Gasteiger partial charge in [0.05, 0.1) is 13.2 Å². The first kappa shape index (κ1) is 13.9. The van der Waals surface area contributed by atoms with Crippen LogP contribution in [-0.4, -0.2) is 25.3 Å². The van der Waals surface area contributed by atoms with Crippen LogP contribution < -0.4 is 14.9 Å². The molecule has 1 heterocycles. The highest BCUT2D eigenvalue weighted by Gasteiger charge is 2.21. The Bertz CT molecular complexity index is 550. The quantitative estimate of drug-likeness (QED) is 0.926. The first-order valence-electron chi connectivity index (χ1n) is 7.43. The fourth-order valence-corrected chi connectivity index (χ4v) is 2.90. The van der Waals surface area contributed by atoms with Crippen LogP contribution in [0.15, 0.2) is 23.3 Å². The minimum absolute atomic E-state index is 0.00631. The molecule has 1 N–H and O–H groups in total. The minimum Gasteiger partial charge on any atom is -0.493 e. The van der Waals surface area contributed by atoms with E-state index in [0.717, 1.165) is 29.9 Å². The van der Waals surface area contributed by atoms with Gasteiger partial charge in [-0.2, -0.15) is 5.10 Å². The summed E-state index contributed by atoms with van der Waals surface area (Å²) in [4.78, 5) is 11.4. The molecular formula is C16H20N2O3. The largest absolute Gasteiger partial charge is 0.493 e. The third-order valence-electron chi connectivity index (χ3n) is 4.06. The average molecular weight is 288 g/mol. The summed E-state index contributed by atoms with van der Waals surface area (Å²) in [7, 11) is 1.64. The molecule has 1 amide bonds. The highest BCUT2D eigenvalue weighted by atomic mass is 16.5. The van der Waals surface area contributed by atoms with Crippen LogP contribution in [0.2, 0.25) is 0 Å². The van der Waals surface area contributed by atoms with E-state index in [0.29, 0.717) is 12.5 Å². The molecule has 0 saturated heterocycles. The van der Waals surface area contributed by atoms with Crippen LogP contribution in [0.4, 0.5) is 0 Å². The number of methoxy groups -OCH3 is 1. The molecule has 0 radical (unpaired) electrons. The van der Waals surface area contributed by atoms with E-state index >= 15 is 0 Å². The van der Waals surface area contributed by atoms with Gasteiger partial charge in [-0.25, -0.2) is 5.43 Å². The Morgan fingerprint density at radius 2 is 2.05 bits per heavy atom. The van der Waals surface area contributed by atoms with Gasteiger partial charge in [0.1, 0.15) is 0 Å². The molecule has 1 saturated carbocycles. The van der Waals surface area contributed by atoms with E-state index in [9.17, 15) is 4.79 Å². The third kappa shape index (κ3) is 3.17. The van der Waals surface area contributed by atoms with Crippen LogP contribution >= 0.6 is 0 Å². The van der Waals surface area contributed by atoms with Crippen LogP contribution in [0.3, 0.4) is 0 Å². The number of nitrogens with one attached hydrogen (secondary N) is 1. The maximum atomic E-state index is 11.4. The lowest BCUT2D eigenvalue weighted by atomic mass is 9.95. The molecule has 1 atom stereocenters. The van der Waals surface area contributed by atoms with Crippen molar-refractivity contribution in [2.45, 2.75) is 44.1 Å². The van der Waals surface area contributed by atoms with Gasteiger partial charge in [-0.3, -0.25) is 4.79 Å². The fraction of sp³-hybridized carbons (Fsp3) is 0.500. The van der Waals surface area contributed by atoms with E-state index in [2.05, 4.69) is 10.5 Å². The van der Waals surface area contributed by atoms with E-state index < -0.39 is 0 Å². The summed E-state index contributed by atoms with van der Waals surface area (Å²) in [5.74, 6) is 1.44. The number of hydrogen-bond acceptors (Lipinski definition) is 4. The zero-order chi connectivity index (χ0) is 14.7. The summed E-state index contributed by atoms with van der Waals surface area (Å²) in [5.41, 5.74) is 3.46.